The molecule has 3 rings (SSSR count). The zero-order valence-electron chi connectivity index (χ0n) is 20.2. The minimum atomic E-state index is -4.21. The number of benzene rings is 3. The highest BCUT2D eigenvalue weighted by atomic mass is 35.5. The Labute approximate surface area is 232 Å². The third kappa shape index (κ3) is 7.17. The van der Waals surface area contributed by atoms with Crippen molar-refractivity contribution in [3.63, 3.8) is 0 Å². The second-order valence-corrected chi connectivity index (χ2v) is 11.3. The van der Waals surface area contributed by atoms with Crippen LogP contribution in [0.15, 0.2) is 77.7 Å². The van der Waals surface area contributed by atoms with Gasteiger partial charge in [-0.2, -0.15) is 0 Å². The molecule has 0 fully saturated rings. The van der Waals surface area contributed by atoms with Crippen LogP contribution in [-0.2, 0) is 26.2 Å². The van der Waals surface area contributed by atoms with Crippen LogP contribution in [0.3, 0.4) is 0 Å². The van der Waals surface area contributed by atoms with E-state index in [0.717, 1.165) is 4.31 Å². The molecule has 0 saturated carbocycles. The van der Waals surface area contributed by atoms with Gasteiger partial charge in [0.25, 0.3) is 10.0 Å². The SMILES string of the molecule is CCNC(=O)[C@H](C)N(Cc1ccccc1Cl)C(=O)CN(c1cccc(Cl)c1)S(=O)(=O)c1ccc(Cl)cc1. The van der Waals surface area contributed by atoms with Gasteiger partial charge in [-0.3, -0.25) is 13.9 Å². The minimum Gasteiger partial charge on any atom is -0.355 e. The van der Waals surface area contributed by atoms with Crippen molar-refractivity contribution in [3.05, 3.63) is 93.4 Å². The molecule has 2 amide bonds. The third-order valence-corrected chi connectivity index (χ3v) is 8.24. The van der Waals surface area contributed by atoms with E-state index >= 15 is 0 Å². The highest BCUT2D eigenvalue weighted by Crippen LogP contribution is 2.28. The fourth-order valence-electron chi connectivity index (χ4n) is 3.61. The van der Waals surface area contributed by atoms with Crippen LogP contribution >= 0.6 is 34.8 Å². The number of rotatable bonds is 10. The molecule has 11 heteroatoms. The molecule has 0 aliphatic carbocycles. The standard InChI is InChI=1S/C26H26Cl3N3O4S/c1-3-30-26(34)18(2)31(16-19-7-4-5-10-24(19)29)25(33)17-32(22-9-6-8-21(28)15-22)37(35,36)23-13-11-20(27)12-14-23/h4-15,18H,3,16-17H2,1-2H3,(H,30,34)/t18-/m0/s1. The number of nitrogens with one attached hydrogen (secondary N) is 1. The lowest BCUT2D eigenvalue weighted by Gasteiger charge is -2.32. The van der Waals surface area contributed by atoms with E-state index in [1.54, 1.807) is 50.2 Å². The van der Waals surface area contributed by atoms with Crippen molar-refractivity contribution in [3.8, 4) is 0 Å². The zero-order valence-corrected chi connectivity index (χ0v) is 23.3. The topological polar surface area (TPSA) is 86.8 Å². The molecule has 3 aromatic rings. The minimum absolute atomic E-state index is 0.00118. The van der Waals surface area contributed by atoms with Gasteiger partial charge < -0.3 is 10.2 Å². The molecule has 7 nitrogen and oxygen atoms in total. The van der Waals surface area contributed by atoms with Crippen molar-refractivity contribution in [2.24, 2.45) is 0 Å². The van der Waals surface area contributed by atoms with E-state index in [1.165, 1.54) is 41.3 Å². The number of hydrogen-bond acceptors (Lipinski definition) is 4. The van der Waals surface area contributed by atoms with Crippen molar-refractivity contribution >= 4 is 62.3 Å². The molecular weight excluding hydrogens is 557 g/mol. The first-order chi connectivity index (χ1) is 17.5. The second-order valence-electron chi connectivity index (χ2n) is 8.13. The normalized spacial score (nSPS) is 12.0. The van der Waals surface area contributed by atoms with E-state index < -0.39 is 28.5 Å². The first-order valence-corrected chi connectivity index (χ1v) is 14.0. The van der Waals surface area contributed by atoms with Crippen molar-refractivity contribution in [1.29, 1.82) is 0 Å². The fourth-order valence-corrected chi connectivity index (χ4v) is 5.52. The number of nitrogens with zero attached hydrogens (tertiary/aromatic N) is 2. The van der Waals surface area contributed by atoms with Gasteiger partial charge in [-0.15, -0.1) is 0 Å². The van der Waals surface area contributed by atoms with E-state index in [9.17, 15) is 18.0 Å². The van der Waals surface area contributed by atoms with Gasteiger partial charge in [-0.25, -0.2) is 8.42 Å². The van der Waals surface area contributed by atoms with Crippen molar-refractivity contribution in [2.45, 2.75) is 31.3 Å². The van der Waals surface area contributed by atoms with E-state index in [0.29, 0.717) is 27.2 Å². The van der Waals surface area contributed by atoms with E-state index in [2.05, 4.69) is 5.32 Å². The van der Waals surface area contributed by atoms with Crippen LogP contribution in [0.4, 0.5) is 5.69 Å². The summed E-state index contributed by atoms with van der Waals surface area (Å²) in [7, 11) is -4.21. The number of carbonyl (C=O) groups is 2. The van der Waals surface area contributed by atoms with Crippen LogP contribution in [0, 0.1) is 0 Å². The monoisotopic (exact) mass is 581 g/mol. The Morgan fingerprint density at radius 1 is 0.919 bits per heavy atom. The molecule has 0 radical (unpaired) electrons. The highest BCUT2D eigenvalue weighted by Gasteiger charge is 2.32. The van der Waals surface area contributed by atoms with Gasteiger partial charge in [0.05, 0.1) is 10.6 Å². The molecule has 3 aromatic carbocycles. The van der Waals surface area contributed by atoms with Gasteiger partial charge >= 0.3 is 0 Å². The molecule has 0 heterocycles. The molecule has 37 heavy (non-hydrogen) atoms. The second kappa shape index (κ2) is 12.6. The maximum atomic E-state index is 13.8. The van der Waals surface area contributed by atoms with Gasteiger partial charge in [-0.1, -0.05) is 59.1 Å². The molecule has 0 aliphatic rings. The third-order valence-electron chi connectivity index (χ3n) is 5.59. The number of likely N-dealkylation sites (N-methyl/N-ethyl adjacent to an activating group) is 1. The maximum Gasteiger partial charge on any atom is 0.264 e. The van der Waals surface area contributed by atoms with Crippen molar-refractivity contribution < 1.29 is 18.0 Å². The summed E-state index contributed by atoms with van der Waals surface area (Å²) < 4.78 is 28.4. The Balaban J connectivity index is 2.04. The summed E-state index contributed by atoms with van der Waals surface area (Å²) in [5, 5.41) is 3.79. The number of carbonyl (C=O) groups excluding carboxylic acids is 2. The van der Waals surface area contributed by atoms with E-state index in [4.69, 9.17) is 34.8 Å². The summed E-state index contributed by atoms with van der Waals surface area (Å²) in [6.45, 7) is 3.14. The summed E-state index contributed by atoms with van der Waals surface area (Å²) in [5.41, 5.74) is 0.808. The summed E-state index contributed by atoms with van der Waals surface area (Å²) in [4.78, 5) is 27.7. The van der Waals surface area contributed by atoms with E-state index in [1.807, 2.05) is 0 Å². The van der Waals surface area contributed by atoms with Crippen LogP contribution in [0.5, 0.6) is 0 Å². The van der Waals surface area contributed by atoms with Crippen LogP contribution < -0.4 is 9.62 Å². The number of hydrogen-bond donors (Lipinski definition) is 1. The number of amides is 2. The Bertz CT molecular complexity index is 1370. The molecule has 0 unspecified atom stereocenters. The van der Waals surface area contributed by atoms with Crippen LogP contribution in [0.25, 0.3) is 0 Å². The zero-order chi connectivity index (χ0) is 27.2. The van der Waals surface area contributed by atoms with Gasteiger partial charge in [0.2, 0.25) is 11.8 Å². The van der Waals surface area contributed by atoms with Crippen LogP contribution in [0.1, 0.15) is 19.4 Å². The smallest absolute Gasteiger partial charge is 0.264 e. The predicted octanol–water partition coefficient (Wildman–Crippen LogP) is 5.40. The largest absolute Gasteiger partial charge is 0.355 e. The van der Waals surface area contributed by atoms with E-state index in [-0.39, 0.29) is 23.0 Å². The van der Waals surface area contributed by atoms with Crippen molar-refractivity contribution in [2.75, 3.05) is 17.4 Å². The van der Waals surface area contributed by atoms with Crippen molar-refractivity contribution in [1.82, 2.24) is 10.2 Å². The van der Waals surface area contributed by atoms with Gasteiger partial charge in [-0.05, 0) is 67.9 Å². The molecule has 0 bridgehead atoms. The number of halogens is 3. The van der Waals surface area contributed by atoms with Gasteiger partial charge in [0.1, 0.15) is 12.6 Å². The Morgan fingerprint density at radius 2 is 1.59 bits per heavy atom. The highest BCUT2D eigenvalue weighted by molar-refractivity contribution is 7.92. The lowest BCUT2D eigenvalue weighted by atomic mass is 10.1. The molecule has 0 aromatic heterocycles. The van der Waals surface area contributed by atoms with Crippen LogP contribution in [0.2, 0.25) is 15.1 Å². The molecule has 1 atom stereocenters. The van der Waals surface area contributed by atoms with Gasteiger partial charge in [0, 0.05) is 28.2 Å². The first kappa shape index (κ1) is 28.8. The molecule has 0 spiro atoms. The number of sulfonamides is 1. The lowest BCUT2D eigenvalue weighted by Crippen LogP contribution is -2.51. The molecule has 0 saturated heterocycles. The summed E-state index contributed by atoms with van der Waals surface area (Å²) >= 11 is 18.4. The summed E-state index contributed by atoms with van der Waals surface area (Å²) in [6.07, 6.45) is 0. The average Bonchev–Trinajstić information content (AvgIpc) is 2.86. The Kier molecular flexibility index (Phi) is 9.84. The summed E-state index contributed by atoms with van der Waals surface area (Å²) in [5.74, 6) is -0.978. The quantitative estimate of drug-likeness (QED) is 0.347. The molecule has 0 aliphatic heterocycles. The average molecular weight is 583 g/mol. The molecule has 1 N–H and O–H groups in total. The lowest BCUT2D eigenvalue weighted by molar-refractivity contribution is -0.139. The molecule has 196 valence electrons. The predicted molar refractivity (Wildman–Crippen MR) is 148 cm³/mol. The van der Waals surface area contributed by atoms with Crippen LogP contribution in [-0.4, -0.2) is 44.3 Å². The Morgan fingerprint density at radius 3 is 2.22 bits per heavy atom. The molecular formula is C26H26Cl3N3O4S. The first-order valence-electron chi connectivity index (χ1n) is 11.4. The Hall–Kier alpha value is -2.78. The van der Waals surface area contributed by atoms with Gasteiger partial charge in [0.15, 0.2) is 0 Å². The fraction of sp³-hybridized carbons (Fsp3) is 0.231. The number of anilines is 1. The maximum absolute atomic E-state index is 13.8. The summed E-state index contributed by atoms with van der Waals surface area (Å²) in [6, 6.07) is 17.8.